The maximum absolute atomic E-state index is 11.6. The lowest BCUT2D eigenvalue weighted by atomic mass is 10.2. The number of aliphatic hydroxyl groups is 1. The van der Waals surface area contributed by atoms with Crippen molar-refractivity contribution in [3.63, 3.8) is 0 Å². The van der Waals surface area contributed by atoms with E-state index in [1.807, 2.05) is 17.5 Å². The Morgan fingerprint density at radius 1 is 1.29 bits per heavy atom. The molecule has 2 rings (SSSR count). The van der Waals surface area contributed by atoms with Crippen LogP contribution < -0.4 is 10.6 Å². The normalized spacial score (nSPS) is 11.9. The van der Waals surface area contributed by atoms with Crippen molar-refractivity contribution in [1.29, 1.82) is 0 Å². The highest BCUT2D eigenvalue weighted by Crippen LogP contribution is 2.11. The molecule has 7 heteroatoms. The van der Waals surface area contributed by atoms with E-state index in [2.05, 4.69) is 10.6 Å². The van der Waals surface area contributed by atoms with E-state index < -0.39 is 17.9 Å². The first-order valence-electron chi connectivity index (χ1n) is 6.45. The summed E-state index contributed by atoms with van der Waals surface area (Å²) in [5.74, 6) is -1.46. The van der Waals surface area contributed by atoms with Crippen molar-refractivity contribution in [2.24, 2.45) is 7.05 Å². The van der Waals surface area contributed by atoms with Gasteiger partial charge in [0.2, 0.25) is 0 Å². The predicted molar refractivity (Wildman–Crippen MR) is 79.5 cm³/mol. The maximum atomic E-state index is 11.6. The molecule has 6 nitrogen and oxygen atoms in total. The molecule has 0 radical (unpaired) electrons. The highest BCUT2D eigenvalue weighted by Gasteiger charge is 2.16. The Balaban J connectivity index is 1.76. The van der Waals surface area contributed by atoms with Crippen LogP contribution in [0, 0.1) is 0 Å². The third kappa shape index (κ3) is 4.17. The second kappa shape index (κ2) is 7.05. The summed E-state index contributed by atoms with van der Waals surface area (Å²) in [6, 6.07) is 7.31. The van der Waals surface area contributed by atoms with Crippen LogP contribution in [0.25, 0.3) is 0 Å². The Bertz CT molecular complexity index is 607. The molecule has 0 spiro atoms. The molecule has 0 aliphatic rings. The number of aryl methyl sites for hydroxylation is 1. The largest absolute Gasteiger partial charge is 0.385 e. The SMILES string of the molecule is Cn1cccc1[C@H](O)CNC(=O)C(=O)NCc1cccs1. The van der Waals surface area contributed by atoms with Crippen LogP contribution in [0.4, 0.5) is 0 Å². The third-order valence-corrected chi connectivity index (χ3v) is 3.87. The number of aliphatic hydroxyl groups excluding tert-OH is 1. The summed E-state index contributed by atoms with van der Waals surface area (Å²) < 4.78 is 1.76. The predicted octanol–water partition coefficient (Wildman–Crippen LogP) is 0.553. The minimum absolute atomic E-state index is 0.0108. The first-order chi connectivity index (χ1) is 10.1. The average molecular weight is 307 g/mol. The molecule has 1 atom stereocenters. The van der Waals surface area contributed by atoms with Crippen molar-refractivity contribution in [2.75, 3.05) is 6.54 Å². The summed E-state index contributed by atoms with van der Waals surface area (Å²) in [4.78, 5) is 24.2. The minimum atomic E-state index is -0.848. The van der Waals surface area contributed by atoms with E-state index in [0.717, 1.165) is 4.88 Å². The topological polar surface area (TPSA) is 83.4 Å². The summed E-state index contributed by atoms with van der Waals surface area (Å²) in [5.41, 5.74) is 0.675. The first kappa shape index (κ1) is 15.3. The highest BCUT2D eigenvalue weighted by atomic mass is 32.1. The van der Waals surface area contributed by atoms with Crippen molar-refractivity contribution in [2.45, 2.75) is 12.6 Å². The lowest BCUT2D eigenvalue weighted by Crippen LogP contribution is -2.41. The van der Waals surface area contributed by atoms with Crippen LogP contribution in [0.5, 0.6) is 0 Å². The van der Waals surface area contributed by atoms with Crippen LogP contribution in [0.3, 0.4) is 0 Å². The van der Waals surface area contributed by atoms with Crippen molar-refractivity contribution < 1.29 is 14.7 Å². The molecule has 0 saturated heterocycles. The van der Waals surface area contributed by atoms with Gasteiger partial charge in [-0.2, -0.15) is 0 Å². The molecular weight excluding hydrogens is 290 g/mol. The van der Waals surface area contributed by atoms with Gasteiger partial charge in [-0.1, -0.05) is 6.07 Å². The molecule has 0 aliphatic heterocycles. The lowest BCUT2D eigenvalue weighted by Gasteiger charge is -2.12. The van der Waals surface area contributed by atoms with E-state index in [-0.39, 0.29) is 6.54 Å². The number of thiophene rings is 1. The fourth-order valence-electron chi connectivity index (χ4n) is 1.86. The quantitative estimate of drug-likeness (QED) is 0.706. The minimum Gasteiger partial charge on any atom is -0.385 e. The van der Waals surface area contributed by atoms with E-state index in [1.165, 1.54) is 11.3 Å². The van der Waals surface area contributed by atoms with Gasteiger partial charge < -0.3 is 20.3 Å². The summed E-state index contributed by atoms with van der Waals surface area (Å²) in [7, 11) is 1.80. The number of amides is 2. The Labute approximate surface area is 126 Å². The van der Waals surface area contributed by atoms with Crippen molar-refractivity contribution in [1.82, 2.24) is 15.2 Å². The monoisotopic (exact) mass is 307 g/mol. The average Bonchev–Trinajstić information content (AvgIpc) is 3.12. The van der Waals surface area contributed by atoms with Gasteiger partial charge in [-0.15, -0.1) is 11.3 Å². The van der Waals surface area contributed by atoms with Crippen LogP contribution in [0.1, 0.15) is 16.7 Å². The highest BCUT2D eigenvalue weighted by molar-refractivity contribution is 7.09. The van der Waals surface area contributed by atoms with Crippen molar-refractivity contribution in [3.05, 3.63) is 46.4 Å². The van der Waals surface area contributed by atoms with Gasteiger partial charge in [0.1, 0.15) is 6.10 Å². The van der Waals surface area contributed by atoms with Gasteiger partial charge in [-0.25, -0.2) is 0 Å². The van der Waals surface area contributed by atoms with Crippen molar-refractivity contribution in [3.8, 4) is 0 Å². The zero-order chi connectivity index (χ0) is 15.2. The summed E-state index contributed by atoms with van der Waals surface area (Å²) >= 11 is 1.51. The van der Waals surface area contributed by atoms with Gasteiger partial charge in [0.05, 0.1) is 6.54 Å². The number of carbonyl (C=O) groups is 2. The zero-order valence-electron chi connectivity index (χ0n) is 11.6. The van der Waals surface area contributed by atoms with E-state index in [0.29, 0.717) is 12.2 Å². The number of rotatable bonds is 5. The number of hydrogen-bond acceptors (Lipinski definition) is 4. The summed E-state index contributed by atoms with van der Waals surface area (Å²) in [5, 5.41) is 16.8. The van der Waals surface area contributed by atoms with Gasteiger partial charge in [-0.3, -0.25) is 9.59 Å². The molecule has 0 aliphatic carbocycles. The fourth-order valence-corrected chi connectivity index (χ4v) is 2.50. The van der Waals surface area contributed by atoms with Gasteiger partial charge in [0.15, 0.2) is 0 Å². The number of carbonyl (C=O) groups excluding carboxylic acids is 2. The Morgan fingerprint density at radius 2 is 2.05 bits per heavy atom. The second-order valence-electron chi connectivity index (χ2n) is 4.53. The fraction of sp³-hybridized carbons (Fsp3) is 0.286. The number of aromatic nitrogens is 1. The smallest absolute Gasteiger partial charge is 0.309 e. The Morgan fingerprint density at radius 3 is 2.67 bits per heavy atom. The van der Waals surface area contributed by atoms with Gasteiger partial charge in [0, 0.05) is 30.4 Å². The molecule has 21 heavy (non-hydrogen) atoms. The van der Waals surface area contributed by atoms with Crippen LogP contribution in [0.15, 0.2) is 35.8 Å². The maximum Gasteiger partial charge on any atom is 0.309 e. The lowest BCUT2D eigenvalue weighted by molar-refractivity contribution is -0.139. The summed E-state index contributed by atoms with van der Waals surface area (Å²) in [6.45, 7) is 0.313. The molecule has 0 saturated carbocycles. The molecule has 0 bridgehead atoms. The van der Waals surface area contributed by atoms with E-state index in [4.69, 9.17) is 0 Å². The van der Waals surface area contributed by atoms with E-state index >= 15 is 0 Å². The number of hydrogen-bond donors (Lipinski definition) is 3. The summed E-state index contributed by atoms with van der Waals surface area (Å²) in [6.07, 6.45) is 0.952. The van der Waals surface area contributed by atoms with E-state index in [1.54, 1.807) is 29.9 Å². The molecule has 0 aromatic carbocycles. The van der Waals surface area contributed by atoms with Gasteiger partial charge >= 0.3 is 11.8 Å². The molecule has 2 aromatic heterocycles. The van der Waals surface area contributed by atoms with Crippen molar-refractivity contribution >= 4 is 23.2 Å². The second-order valence-corrected chi connectivity index (χ2v) is 5.56. The Hall–Kier alpha value is -2.12. The van der Waals surface area contributed by atoms with Crippen LogP contribution in [-0.4, -0.2) is 28.0 Å². The van der Waals surface area contributed by atoms with E-state index in [9.17, 15) is 14.7 Å². The van der Waals surface area contributed by atoms with Gasteiger partial charge in [0.25, 0.3) is 0 Å². The molecule has 0 unspecified atom stereocenters. The number of nitrogens with one attached hydrogen (secondary N) is 2. The van der Waals surface area contributed by atoms with Gasteiger partial charge in [-0.05, 0) is 23.6 Å². The number of nitrogens with zero attached hydrogens (tertiary/aromatic N) is 1. The third-order valence-electron chi connectivity index (χ3n) is 2.99. The molecular formula is C14H17N3O3S. The molecule has 2 amide bonds. The molecule has 0 fully saturated rings. The van der Waals surface area contributed by atoms with Crippen LogP contribution in [0.2, 0.25) is 0 Å². The standard InChI is InChI=1S/C14H17N3O3S/c1-17-6-2-5-11(17)12(18)9-16-14(20)13(19)15-8-10-4-3-7-21-10/h2-7,12,18H,8-9H2,1H3,(H,15,19)(H,16,20)/t12-/m1/s1. The molecule has 2 aromatic rings. The van der Waals surface area contributed by atoms with Crippen LogP contribution in [-0.2, 0) is 23.2 Å². The zero-order valence-corrected chi connectivity index (χ0v) is 12.4. The molecule has 112 valence electrons. The first-order valence-corrected chi connectivity index (χ1v) is 7.33. The molecule has 2 heterocycles. The van der Waals surface area contributed by atoms with Crippen LogP contribution >= 0.6 is 11.3 Å². The molecule has 3 N–H and O–H groups in total. The Kier molecular flexibility index (Phi) is 5.13.